The second kappa shape index (κ2) is 9.47. The van der Waals surface area contributed by atoms with Gasteiger partial charge in [0.1, 0.15) is 10.6 Å². The molecule has 0 bridgehead atoms. The first-order valence-corrected chi connectivity index (χ1v) is 11.1. The number of amides is 1. The fraction of sp³-hybridized carbons (Fsp3) is 0.375. The summed E-state index contributed by atoms with van der Waals surface area (Å²) in [5.41, 5.74) is 4.06. The van der Waals surface area contributed by atoms with Gasteiger partial charge in [0.25, 0.3) is 0 Å². The van der Waals surface area contributed by atoms with E-state index in [4.69, 9.17) is 4.74 Å². The molecule has 2 atom stereocenters. The molecule has 3 rings (SSSR count). The van der Waals surface area contributed by atoms with Crippen LogP contribution < -0.4 is 5.32 Å². The Morgan fingerprint density at radius 1 is 1.13 bits per heavy atom. The van der Waals surface area contributed by atoms with Crippen molar-refractivity contribution in [1.82, 2.24) is 0 Å². The third kappa shape index (κ3) is 4.71. The van der Waals surface area contributed by atoms with Gasteiger partial charge >= 0.3 is 11.9 Å². The van der Waals surface area contributed by atoms with E-state index >= 15 is 0 Å². The highest BCUT2D eigenvalue weighted by atomic mass is 32.1. The number of carbonyl (C=O) groups excluding carboxylic acids is 2. The number of hydrogen-bond donors (Lipinski definition) is 2. The average molecular weight is 442 g/mol. The molecule has 0 radical (unpaired) electrons. The molecule has 0 spiro atoms. The van der Waals surface area contributed by atoms with Gasteiger partial charge in [-0.05, 0) is 51.7 Å². The fourth-order valence-corrected chi connectivity index (χ4v) is 5.00. The number of carboxylic acid groups (broad SMARTS) is 1. The molecule has 164 valence electrons. The Kier molecular flexibility index (Phi) is 6.95. The molecular formula is C24H27NO5S. The molecule has 1 aromatic heterocycles. The van der Waals surface area contributed by atoms with Crippen LogP contribution in [0.4, 0.5) is 5.00 Å². The van der Waals surface area contributed by atoms with Crippen LogP contribution in [0.5, 0.6) is 0 Å². The molecule has 0 aliphatic heterocycles. The van der Waals surface area contributed by atoms with E-state index in [1.54, 1.807) is 13.0 Å². The van der Waals surface area contributed by atoms with Gasteiger partial charge in [0, 0.05) is 10.4 Å². The Morgan fingerprint density at radius 2 is 1.81 bits per heavy atom. The maximum atomic E-state index is 13.0. The van der Waals surface area contributed by atoms with Crippen LogP contribution in [0.1, 0.15) is 46.1 Å². The molecule has 0 saturated carbocycles. The third-order valence-electron chi connectivity index (χ3n) is 5.55. The van der Waals surface area contributed by atoms with Crippen molar-refractivity contribution in [1.29, 1.82) is 0 Å². The van der Waals surface area contributed by atoms with Gasteiger partial charge < -0.3 is 15.2 Å². The highest BCUT2D eigenvalue weighted by Crippen LogP contribution is 2.42. The highest BCUT2D eigenvalue weighted by Gasteiger charge is 2.35. The molecule has 2 aromatic rings. The summed E-state index contributed by atoms with van der Waals surface area (Å²) in [6, 6.07) is 6.03. The molecule has 6 nitrogen and oxygen atoms in total. The molecular weight excluding hydrogens is 414 g/mol. The zero-order chi connectivity index (χ0) is 22.7. The Bertz CT molecular complexity index is 1050. The Labute approximate surface area is 185 Å². The van der Waals surface area contributed by atoms with Gasteiger partial charge in [-0.3, -0.25) is 9.59 Å². The zero-order valence-corrected chi connectivity index (χ0v) is 19.0. The molecule has 1 amide bonds. The molecule has 1 aromatic carbocycles. The van der Waals surface area contributed by atoms with Gasteiger partial charge in [0.05, 0.1) is 18.4 Å². The van der Waals surface area contributed by atoms with Gasteiger partial charge in [-0.25, -0.2) is 4.79 Å². The second-order valence-corrected chi connectivity index (χ2v) is 8.98. The summed E-state index contributed by atoms with van der Waals surface area (Å²) >= 11 is 1.31. The molecule has 0 saturated heterocycles. The number of rotatable bonds is 6. The van der Waals surface area contributed by atoms with Gasteiger partial charge in [-0.1, -0.05) is 35.9 Å². The van der Waals surface area contributed by atoms with E-state index < -0.39 is 29.7 Å². The summed E-state index contributed by atoms with van der Waals surface area (Å²) in [6.07, 6.45) is 4.29. The van der Waals surface area contributed by atoms with Crippen LogP contribution in [-0.4, -0.2) is 29.6 Å². The average Bonchev–Trinajstić information content (AvgIpc) is 3.05. The molecule has 2 N–H and O–H groups in total. The summed E-state index contributed by atoms with van der Waals surface area (Å²) in [6.45, 7) is 7.81. The predicted molar refractivity (Wildman–Crippen MR) is 122 cm³/mol. The lowest BCUT2D eigenvalue weighted by Crippen LogP contribution is -2.34. The molecule has 1 aliphatic carbocycles. The second-order valence-electron chi connectivity index (χ2n) is 7.76. The Hall–Kier alpha value is -2.93. The van der Waals surface area contributed by atoms with E-state index in [-0.39, 0.29) is 6.61 Å². The van der Waals surface area contributed by atoms with Gasteiger partial charge in [-0.2, -0.15) is 0 Å². The number of allylic oxidation sites excluding steroid dienone is 2. The minimum Gasteiger partial charge on any atom is -0.481 e. The van der Waals surface area contributed by atoms with Crippen molar-refractivity contribution < 1.29 is 24.2 Å². The van der Waals surface area contributed by atoms with Crippen molar-refractivity contribution in [2.75, 3.05) is 11.9 Å². The van der Waals surface area contributed by atoms with Gasteiger partial charge in [-0.15, -0.1) is 11.3 Å². The number of aryl methyl sites for hydroxylation is 3. The summed E-state index contributed by atoms with van der Waals surface area (Å²) in [5, 5.41) is 12.8. The van der Waals surface area contributed by atoms with Crippen LogP contribution in [0, 0.1) is 32.6 Å². The number of benzene rings is 1. The number of hydrogen-bond acceptors (Lipinski definition) is 5. The van der Waals surface area contributed by atoms with E-state index in [2.05, 4.69) is 5.32 Å². The van der Waals surface area contributed by atoms with E-state index in [1.807, 2.05) is 45.0 Å². The number of thiophene rings is 1. The van der Waals surface area contributed by atoms with Gasteiger partial charge in [0.15, 0.2) is 0 Å². The standard InChI is InChI=1S/C24H27NO5S/c1-5-30-24(29)20-19(18-12-13(2)10-11-14(18)3)15(4)31-22(20)25-21(26)16-8-6-7-9-17(16)23(27)28/h6-7,10-12,16-17H,5,8-9H2,1-4H3,(H,25,26)(H,27,28)/t16-,17-/m1/s1. The summed E-state index contributed by atoms with van der Waals surface area (Å²) in [4.78, 5) is 38.5. The number of ether oxygens (including phenoxy) is 1. The lowest BCUT2D eigenvalue weighted by atomic mass is 9.82. The largest absolute Gasteiger partial charge is 0.481 e. The Morgan fingerprint density at radius 3 is 2.45 bits per heavy atom. The SMILES string of the molecule is CCOC(=O)c1c(NC(=O)[C@@H]2CC=CC[C@H]2C(=O)O)sc(C)c1-c1cc(C)ccc1C. The minimum atomic E-state index is -0.992. The summed E-state index contributed by atoms with van der Waals surface area (Å²) < 4.78 is 5.31. The Balaban J connectivity index is 2.05. The van der Waals surface area contributed by atoms with Crippen LogP contribution >= 0.6 is 11.3 Å². The zero-order valence-electron chi connectivity index (χ0n) is 18.2. The van der Waals surface area contributed by atoms with E-state index in [0.29, 0.717) is 23.4 Å². The van der Waals surface area contributed by atoms with E-state index in [9.17, 15) is 19.5 Å². The molecule has 0 unspecified atom stereocenters. The van der Waals surface area contributed by atoms with Crippen molar-refractivity contribution in [2.24, 2.45) is 11.8 Å². The van der Waals surface area contributed by atoms with Gasteiger partial charge in [0.2, 0.25) is 5.91 Å². The van der Waals surface area contributed by atoms with Crippen LogP contribution in [0.3, 0.4) is 0 Å². The topological polar surface area (TPSA) is 92.7 Å². The number of carboxylic acids is 1. The third-order valence-corrected chi connectivity index (χ3v) is 6.57. The monoisotopic (exact) mass is 441 g/mol. The quantitative estimate of drug-likeness (QED) is 0.479. The first kappa shape index (κ1) is 22.7. The number of esters is 1. The van der Waals surface area contributed by atoms with Crippen molar-refractivity contribution in [3.8, 4) is 11.1 Å². The minimum absolute atomic E-state index is 0.210. The van der Waals surface area contributed by atoms with Crippen LogP contribution in [0.15, 0.2) is 30.4 Å². The van der Waals surface area contributed by atoms with Crippen molar-refractivity contribution in [2.45, 2.75) is 40.5 Å². The first-order valence-electron chi connectivity index (χ1n) is 10.3. The van der Waals surface area contributed by atoms with E-state index in [0.717, 1.165) is 27.1 Å². The number of anilines is 1. The maximum Gasteiger partial charge on any atom is 0.341 e. The smallest absolute Gasteiger partial charge is 0.341 e. The van der Waals surface area contributed by atoms with Crippen molar-refractivity contribution >= 4 is 34.2 Å². The van der Waals surface area contributed by atoms with Crippen LogP contribution in [0.25, 0.3) is 11.1 Å². The maximum absolute atomic E-state index is 13.0. The van der Waals surface area contributed by atoms with Crippen molar-refractivity contribution in [3.05, 3.63) is 51.9 Å². The summed E-state index contributed by atoms with van der Waals surface area (Å²) in [5.74, 6) is -3.36. The normalized spacial score (nSPS) is 17.9. The molecule has 0 fully saturated rings. The lowest BCUT2D eigenvalue weighted by Gasteiger charge is -2.24. The lowest BCUT2D eigenvalue weighted by molar-refractivity contribution is -0.146. The van der Waals surface area contributed by atoms with Crippen LogP contribution in [0.2, 0.25) is 0 Å². The van der Waals surface area contributed by atoms with E-state index in [1.165, 1.54) is 11.3 Å². The first-order chi connectivity index (χ1) is 14.7. The van der Waals surface area contributed by atoms with Crippen molar-refractivity contribution in [3.63, 3.8) is 0 Å². The molecule has 7 heteroatoms. The number of nitrogens with one attached hydrogen (secondary N) is 1. The predicted octanol–water partition coefficient (Wildman–Crippen LogP) is 5.12. The van der Waals surface area contributed by atoms with Crippen LogP contribution in [-0.2, 0) is 14.3 Å². The fourth-order valence-electron chi connectivity index (χ4n) is 3.94. The highest BCUT2D eigenvalue weighted by molar-refractivity contribution is 7.17. The number of aliphatic carboxylic acids is 1. The number of carbonyl (C=O) groups is 3. The molecule has 31 heavy (non-hydrogen) atoms. The summed E-state index contributed by atoms with van der Waals surface area (Å²) in [7, 11) is 0. The molecule has 1 aliphatic rings. The molecule has 1 heterocycles.